The smallest absolute Gasteiger partial charge is 0.205 e. The van der Waals surface area contributed by atoms with Crippen LogP contribution in [0.4, 0.5) is 5.13 Å². The molecule has 1 unspecified atom stereocenters. The van der Waals surface area contributed by atoms with E-state index >= 15 is 0 Å². The molecule has 23 heavy (non-hydrogen) atoms. The number of anilines is 1. The number of para-hydroxylation sites is 1. The Bertz CT molecular complexity index is 745. The molecule has 6 heteroatoms. The molecule has 1 aromatic carbocycles. The number of hydrogen-bond donors (Lipinski definition) is 0. The number of aryl methyl sites for hydroxylation is 1. The van der Waals surface area contributed by atoms with Gasteiger partial charge in [0.25, 0.3) is 0 Å². The van der Waals surface area contributed by atoms with E-state index in [2.05, 4.69) is 14.3 Å². The van der Waals surface area contributed by atoms with Crippen molar-refractivity contribution in [3.8, 4) is 5.75 Å². The molecule has 0 bridgehead atoms. The normalized spacial score (nSPS) is 24.2. The van der Waals surface area contributed by atoms with Crippen molar-refractivity contribution in [1.29, 1.82) is 0 Å². The molecule has 2 aromatic rings. The zero-order chi connectivity index (χ0) is 15.9. The van der Waals surface area contributed by atoms with Crippen molar-refractivity contribution in [2.24, 2.45) is 0 Å². The van der Waals surface area contributed by atoms with Crippen molar-refractivity contribution in [2.75, 3.05) is 18.0 Å². The van der Waals surface area contributed by atoms with Gasteiger partial charge in [0.05, 0.1) is 12.0 Å². The van der Waals surface area contributed by atoms with Crippen LogP contribution in [0.1, 0.15) is 41.9 Å². The van der Waals surface area contributed by atoms with Gasteiger partial charge in [-0.05, 0) is 31.9 Å². The Kier molecular flexibility index (Phi) is 3.56. The number of fused-ring (bicyclic) bond motifs is 1. The van der Waals surface area contributed by atoms with Gasteiger partial charge in [-0.15, -0.1) is 0 Å². The lowest BCUT2D eigenvalue weighted by Crippen LogP contribution is -2.42. The van der Waals surface area contributed by atoms with Gasteiger partial charge in [0.1, 0.15) is 17.2 Å². The molecule has 0 saturated carbocycles. The Morgan fingerprint density at radius 2 is 2.13 bits per heavy atom. The van der Waals surface area contributed by atoms with Crippen LogP contribution in [0.2, 0.25) is 0 Å². The summed E-state index contributed by atoms with van der Waals surface area (Å²) in [5.41, 5.74) is 0.360. The predicted molar refractivity (Wildman–Crippen MR) is 89.5 cm³/mol. The highest BCUT2D eigenvalue weighted by Crippen LogP contribution is 2.39. The van der Waals surface area contributed by atoms with Crippen molar-refractivity contribution in [1.82, 2.24) is 9.36 Å². The first-order valence-electron chi connectivity index (χ1n) is 8.02. The molecule has 1 spiro atoms. The average molecular weight is 329 g/mol. The number of nitrogens with zero attached hydrogens (tertiary/aromatic N) is 3. The number of aromatic nitrogens is 2. The van der Waals surface area contributed by atoms with Gasteiger partial charge >= 0.3 is 0 Å². The lowest BCUT2D eigenvalue weighted by molar-refractivity contribution is 0.0323. The highest BCUT2D eigenvalue weighted by atomic mass is 32.1. The molecule has 2 aliphatic rings. The van der Waals surface area contributed by atoms with Crippen LogP contribution in [0.15, 0.2) is 24.3 Å². The van der Waals surface area contributed by atoms with Crippen molar-refractivity contribution < 1.29 is 9.53 Å². The van der Waals surface area contributed by atoms with Crippen molar-refractivity contribution in [2.45, 2.75) is 38.2 Å². The fraction of sp³-hybridized carbons (Fsp3) is 0.471. The number of Topliss-reactive ketones (excluding diaryl/α,β-unsaturated/α-hetero) is 1. The summed E-state index contributed by atoms with van der Waals surface area (Å²) >= 11 is 1.45. The highest BCUT2D eigenvalue weighted by Gasteiger charge is 2.41. The highest BCUT2D eigenvalue weighted by molar-refractivity contribution is 7.09. The van der Waals surface area contributed by atoms with Crippen molar-refractivity contribution in [3.05, 3.63) is 35.7 Å². The van der Waals surface area contributed by atoms with Crippen LogP contribution >= 0.6 is 11.5 Å². The number of hydrogen-bond acceptors (Lipinski definition) is 6. The van der Waals surface area contributed by atoms with Crippen LogP contribution in [-0.2, 0) is 0 Å². The van der Waals surface area contributed by atoms with Crippen LogP contribution in [0, 0.1) is 6.92 Å². The lowest BCUT2D eigenvalue weighted by atomic mass is 9.84. The maximum Gasteiger partial charge on any atom is 0.205 e. The van der Waals surface area contributed by atoms with E-state index in [1.165, 1.54) is 11.5 Å². The molecule has 1 saturated heterocycles. The van der Waals surface area contributed by atoms with Gasteiger partial charge in [-0.3, -0.25) is 4.79 Å². The Morgan fingerprint density at radius 3 is 2.96 bits per heavy atom. The van der Waals surface area contributed by atoms with E-state index < -0.39 is 0 Å². The molecule has 0 N–H and O–H groups in total. The Morgan fingerprint density at radius 1 is 1.26 bits per heavy atom. The molecule has 2 aliphatic heterocycles. The van der Waals surface area contributed by atoms with Gasteiger partial charge in [-0.2, -0.15) is 4.37 Å². The number of carbonyl (C=O) groups is 1. The maximum absolute atomic E-state index is 12.5. The second kappa shape index (κ2) is 5.60. The molecule has 1 fully saturated rings. The van der Waals surface area contributed by atoms with E-state index in [1.807, 2.05) is 31.2 Å². The molecule has 1 atom stereocenters. The van der Waals surface area contributed by atoms with E-state index in [0.717, 1.165) is 54.6 Å². The summed E-state index contributed by atoms with van der Waals surface area (Å²) in [6.45, 7) is 3.71. The second-order valence-corrected chi connectivity index (χ2v) is 7.08. The fourth-order valence-electron chi connectivity index (χ4n) is 3.50. The average Bonchev–Trinajstić information content (AvgIpc) is 2.87. The summed E-state index contributed by atoms with van der Waals surface area (Å²) in [4.78, 5) is 19.3. The zero-order valence-corrected chi connectivity index (χ0v) is 13.9. The largest absolute Gasteiger partial charge is 0.486 e. The van der Waals surface area contributed by atoms with Gasteiger partial charge < -0.3 is 9.64 Å². The molecule has 5 nitrogen and oxygen atoms in total. The molecule has 1 aromatic heterocycles. The van der Waals surface area contributed by atoms with Gasteiger partial charge in [-0.1, -0.05) is 12.1 Å². The molecule has 0 aliphatic carbocycles. The summed E-state index contributed by atoms with van der Waals surface area (Å²) < 4.78 is 10.6. The Hall–Kier alpha value is -1.95. The summed E-state index contributed by atoms with van der Waals surface area (Å²) in [5.74, 6) is 1.76. The quantitative estimate of drug-likeness (QED) is 0.804. The predicted octanol–water partition coefficient (Wildman–Crippen LogP) is 3.24. The monoisotopic (exact) mass is 329 g/mol. The zero-order valence-electron chi connectivity index (χ0n) is 13.1. The summed E-state index contributed by atoms with van der Waals surface area (Å²) in [6, 6.07) is 7.59. The second-order valence-electron chi connectivity index (χ2n) is 6.35. The van der Waals surface area contributed by atoms with E-state index in [0.29, 0.717) is 6.42 Å². The summed E-state index contributed by atoms with van der Waals surface area (Å²) in [5, 5.41) is 0.974. The van der Waals surface area contributed by atoms with E-state index in [1.54, 1.807) is 0 Å². The van der Waals surface area contributed by atoms with E-state index in [4.69, 9.17) is 4.74 Å². The van der Waals surface area contributed by atoms with E-state index in [9.17, 15) is 4.79 Å². The number of ether oxygens (including phenoxy) is 1. The topological polar surface area (TPSA) is 55.3 Å². The van der Waals surface area contributed by atoms with Gasteiger partial charge in [0, 0.05) is 31.0 Å². The van der Waals surface area contributed by atoms with E-state index in [-0.39, 0.29) is 11.4 Å². The number of benzene rings is 1. The standard InChI is InChI=1S/C17H19N3O2S/c1-12-18-16(23-19-12)20-9-4-7-17(8-10-20)11-14(21)13-5-2-3-6-15(13)22-17/h2-3,5-6H,4,7-11H2,1H3. The Labute approximate surface area is 139 Å². The van der Waals surface area contributed by atoms with Crippen LogP contribution in [0.25, 0.3) is 0 Å². The van der Waals surface area contributed by atoms with Crippen LogP contribution < -0.4 is 9.64 Å². The third-order valence-corrected chi connectivity index (χ3v) is 5.55. The van der Waals surface area contributed by atoms with Gasteiger partial charge in [0.15, 0.2) is 5.78 Å². The molecule has 3 heterocycles. The molecule has 120 valence electrons. The van der Waals surface area contributed by atoms with Gasteiger partial charge in [-0.25, -0.2) is 4.98 Å². The third kappa shape index (κ3) is 2.72. The Balaban J connectivity index is 1.56. The van der Waals surface area contributed by atoms with Crippen LogP contribution in [-0.4, -0.2) is 33.8 Å². The first-order valence-corrected chi connectivity index (χ1v) is 8.79. The minimum absolute atomic E-state index is 0.201. The van der Waals surface area contributed by atoms with Crippen molar-refractivity contribution in [3.63, 3.8) is 0 Å². The lowest BCUT2D eigenvalue weighted by Gasteiger charge is -2.37. The molecular formula is C17H19N3O2S. The van der Waals surface area contributed by atoms with Crippen LogP contribution in [0.3, 0.4) is 0 Å². The van der Waals surface area contributed by atoms with Crippen LogP contribution in [0.5, 0.6) is 5.75 Å². The maximum atomic E-state index is 12.5. The molecule has 4 rings (SSSR count). The fourth-order valence-corrected chi connectivity index (χ4v) is 4.22. The molecule has 0 radical (unpaired) electrons. The SMILES string of the molecule is Cc1nsc(N2CCCC3(CC2)CC(=O)c2ccccc2O3)n1. The van der Waals surface area contributed by atoms with Gasteiger partial charge in [0.2, 0.25) is 5.13 Å². The summed E-state index contributed by atoms with van der Waals surface area (Å²) in [7, 11) is 0. The first kappa shape index (κ1) is 14.6. The third-order valence-electron chi connectivity index (χ3n) is 4.68. The first-order chi connectivity index (χ1) is 11.2. The minimum atomic E-state index is -0.361. The molecule has 0 amide bonds. The number of carbonyl (C=O) groups excluding carboxylic acids is 1. The minimum Gasteiger partial charge on any atom is -0.486 e. The molecular weight excluding hydrogens is 310 g/mol. The number of ketones is 1. The number of rotatable bonds is 1. The summed E-state index contributed by atoms with van der Waals surface area (Å²) in [6.07, 6.45) is 3.22. The van der Waals surface area contributed by atoms with Crippen molar-refractivity contribution >= 4 is 22.4 Å².